The van der Waals surface area contributed by atoms with Crippen molar-refractivity contribution in [2.75, 3.05) is 7.05 Å². The number of carboxylic acid groups (broad SMARTS) is 1. The van der Waals surface area contributed by atoms with E-state index in [1.807, 2.05) is 19.1 Å². The van der Waals surface area contributed by atoms with Crippen molar-refractivity contribution < 1.29 is 14.7 Å². The molecule has 2 aliphatic rings. The van der Waals surface area contributed by atoms with Crippen LogP contribution in [-0.4, -0.2) is 33.9 Å². The molecule has 1 aromatic heterocycles. The van der Waals surface area contributed by atoms with E-state index in [1.165, 1.54) is 0 Å². The van der Waals surface area contributed by atoms with Crippen molar-refractivity contribution in [3.63, 3.8) is 0 Å². The number of thiazole rings is 1. The van der Waals surface area contributed by atoms with Crippen LogP contribution in [0.15, 0.2) is 18.3 Å². The second kappa shape index (κ2) is 5.26. The van der Waals surface area contributed by atoms with Gasteiger partial charge in [-0.25, -0.2) is 4.98 Å². The SMILES string of the molecule is Cc1ncc(CN(C)C(=O)[C@H]2C3C=CC(C3)[C@H]2C(=O)O)s1. The summed E-state index contributed by atoms with van der Waals surface area (Å²) in [5.74, 6) is -1.82. The molecule has 112 valence electrons. The fourth-order valence-corrected chi connectivity index (χ4v) is 4.39. The quantitative estimate of drug-likeness (QED) is 0.863. The van der Waals surface area contributed by atoms with Gasteiger partial charge in [-0.05, 0) is 25.2 Å². The molecule has 2 unspecified atom stereocenters. The van der Waals surface area contributed by atoms with E-state index < -0.39 is 17.8 Å². The van der Waals surface area contributed by atoms with Gasteiger partial charge in [-0.1, -0.05) is 12.2 Å². The minimum atomic E-state index is -0.854. The van der Waals surface area contributed by atoms with Gasteiger partial charge in [-0.2, -0.15) is 0 Å². The Morgan fingerprint density at radius 1 is 1.38 bits per heavy atom. The van der Waals surface area contributed by atoms with Crippen molar-refractivity contribution >= 4 is 23.2 Å². The highest BCUT2D eigenvalue weighted by Gasteiger charge is 2.52. The normalized spacial score (nSPS) is 29.8. The van der Waals surface area contributed by atoms with Crippen LogP contribution in [0.25, 0.3) is 0 Å². The topological polar surface area (TPSA) is 70.5 Å². The molecule has 6 heteroatoms. The third-order valence-corrected chi connectivity index (χ3v) is 5.37. The molecular formula is C15H18N2O3S. The van der Waals surface area contributed by atoms with E-state index in [9.17, 15) is 14.7 Å². The van der Waals surface area contributed by atoms with E-state index in [0.717, 1.165) is 16.3 Å². The van der Waals surface area contributed by atoms with Gasteiger partial charge in [0, 0.05) is 18.1 Å². The summed E-state index contributed by atoms with van der Waals surface area (Å²) in [7, 11) is 1.74. The fraction of sp³-hybridized carbons (Fsp3) is 0.533. The maximum Gasteiger partial charge on any atom is 0.307 e. The number of allylic oxidation sites excluding steroid dienone is 2. The first-order chi connectivity index (χ1) is 9.97. The number of hydrogen-bond donors (Lipinski definition) is 1. The van der Waals surface area contributed by atoms with Crippen LogP contribution in [0.1, 0.15) is 16.3 Å². The molecule has 0 saturated heterocycles. The number of aryl methyl sites for hydroxylation is 1. The minimum Gasteiger partial charge on any atom is -0.481 e. The lowest BCUT2D eigenvalue weighted by Crippen LogP contribution is -2.40. The largest absolute Gasteiger partial charge is 0.481 e. The number of carbonyl (C=O) groups excluding carboxylic acids is 1. The maximum atomic E-state index is 12.7. The van der Waals surface area contributed by atoms with Crippen LogP contribution in [0.5, 0.6) is 0 Å². The smallest absolute Gasteiger partial charge is 0.307 e. The molecular weight excluding hydrogens is 288 g/mol. The molecule has 2 aliphatic carbocycles. The molecule has 1 aromatic rings. The molecule has 1 saturated carbocycles. The summed E-state index contributed by atoms with van der Waals surface area (Å²) in [4.78, 5) is 31.0. The maximum absolute atomic E-state index is 12.7. The molecule has 0 spiro atoms. The highest BCUT2D eigenvalue weighted by molar-refractivity contribution is 7.11. The number of hydrogen-bond acceptors (Lipinski definition) is 4. The average Bonchev–Trinajstić information content (AvgIpc) is 3.12. The van der Waals surface area contributed by atoms with Gasteiger partial charge in [-0.15, -0.1) is 11.3 Å². The van der Waals surface area contributed by atoms with E-state index in [4.69, 9.17) is 0 Å². The van der Waals surface area contributed by atoms with Crippen LogP contribution < -0.4 is 0 Å². The number of rotatable bonds is 4. The lowest BCUT2D eigenvalue weighted by atomic mass is 9.82. The van der Waals surface area contributed by atoms with Crippen molar-refractivity contribution in [1.82, 2.24) is 9.88 Å². The molecule has 21 heavy (non-hydrogen) atoms. The Morgan fingerprint density at radius 3 is 2.62 bits per heavy atom. The van der Waals surface area contributed by atoms with Gasteiger partial charge in [0.1, 0.15) is 0 Å². The summed E-state index contributed by atoms with van der Waals surface area (Å²) in [5.41, 5.74) is 0. The van der Waals surface area contributed by atoms with Crippen LogP contribution in [-0.2, 0) is 16.1 Å². The van der Waals surface area contributed by atoms with E-state index in [-0.39, 0.29) is 17.7 Å². The van der Waals surface area contributed by atoms with Crippen LogP contribution in [0.4, 0.5) is 0 Å². The van der Waals surface area contributed by atoms with Gasteiger partial charge >= 0.3 is 5.97 Å². The number of carbonyl (C=O) groups is 2. The van der Waals surface area contributed by atoms with Crippen molar-refractivity contribution in [3.05, 3.63) is 28.2 Å². The summed E-state index contributed by atoms with van der Waals surface area (Å²) in [6.07, 6.45) is 6.54. The minimum absolute atomic E-state index is 0.0144. The standard InChI is InChI=1S/C15H18N2O3S/c1-8-16-6-11(21-8)7-17(2)14(18)12-9-3-4-10(5-9)13(12)15(19)20/h3-4,6,9-10,12-13H,5,7H2,1-2H3,(H,19,20)/t9?,10?,12-,13+/m0/s1. The second-order valence-corrected chi connectivity index (χ2v) is 7.20. The molecule has 5 nitrogen and oxygen atoms in total. The molecule has 3 rings (SSSR count). The highest BCUT2D eigenvalue weighted by Crippen LogP contribution is 2.48. The third kappa shape index (κ3) is 2.48. The van der Waals surface area contributed by atoms with E-state index in [1.54, 1.807) is 29.5 Å². The van der Waals surface area contributed by atoms with Crippen LogP contribution in [0.2, 0.25) is 0 Å². The molecule has 0 radical (unpaired) electrons. The predicted octanol–water partition coefficient (Wildman–Crippen LogP) is 1.93. The molecule has 4 atom stereocenters. The molecule has 1 N–H and O–H groups in total. The number of aliphatic carboxylic acids is 1. The Labute approximate surface area is 127 Å². The summed E-state index contributed by atoms with van der Waals surface area (Å²) >= 11 is 1.56. The van der Waals surface area contributed by atoms with Crippen LogP contribution in [0.3, 0.4) is 0 Å². The summed E-state index contributed by atoms with van der Waals surface area (Å²) in [6.45, 7) is 2.42. The Balaban J connectivity index is 1.74. The fourth-order valence-electron chi connectivity index (χ4n) is 3.54. The summed E-state index contributed by atoms with van der Waals surface area (Å²) in [5, 5.41) is 10.4. The van der Waals surface area contributed by atoms with E-state index in [2.05, 4.69) is 4.98 Å². The zero-order chi connectivity index (χ0) is 15.1. The number of nitrogens with zero attached hydrogens (tertiary/aromatic N) is 2. The molecule has 1 fully saturated rings. The summed E-state index contributed by atoms with van der Waals surface area (Å²) < 4.78 is 0. The lowest BCUT2D eigenvalue weighted by molar-refractivity contribution is -0.150. The number of amides is 1. The molecule has 0 aliphatic heterocycles. The van der Waals surface area contributed by atoms with E-state index in [0.29, 0.717) is 6.54 Å². The van der Waals surface area contributed by atoms with Crippen molar-refractivity contribution in [2.45, 2.75) is 19.9 Å². The van der Waals surface area contributed by atoms with Crippen molar-refractivity contribution in [2.24, 2.45) is 23.7 Å². The number of aromatic nitrogens is 1. The molecule has 1 heterocycles. The molecule has 1 amide bonds. The Morgan fingerprint density at radius 2 is 2.05 bits per heavy atom. The molecule has 0 aromatic carbocycles. The Kier molecular flexibility index (Phi) is 3.57. The lowest BCUT2D eigenvalue weighted by Gasteiger charge is -2.28. The second-order valence-electron chi connectivity index (χ2n) is 5.88. The first-order valence-corrected chi connectivity index (χ1v) is 7.86. The number of carboxylic acids is 1. The van der Waals surface area contributed by atoms with Gasteiger partial charge in [0.05, 0.1) is 23.4 Å². The first kappa shape index (κ1) is 14.3. The van der Waals surface area contributed by atoms with Gasteiger partial charge in [0.15, 0.2) is 0 Å². The average molecular weight is 306 g/mol. The zero-order valence-corrected chi connectivity index (χ0v) is 12.8. The van der Waals surface area contributed by atoms with Crippen molar-refractivity contribution in [1.29, 1.82) is 0 Å². The van der Waals surface area contributed by atoms with Gasteiger partial charge in [-0.3, -0.25) is 9.59 Å². The van der Waals surface area contributed by atoms with E-state index >= 15 is 0 Å². The summed E-state index contributed by atoms with van der Waals surface area (Å²) in [6, 6.07) is 0. The highest BCUT2D eigenvalue weighted by atomic mass is 32.1. The third-order valence-electron chi connectivity index (χ3n) is 4.47. The van der Waals surface area contributed by atoms with Gasteiger partial charge < -0.3 is 10.0 Å². The van der Waals surface area contributed by atoms with Gasteiger partial charge in [0.2, 0.25) is 5.91 Å². The predicted molar refractivity (Wildman–Crippen MR) is 78.7 cm³/mol. The van der Waals surface area contributed by atoms with Gasteiger partial charge in [0.25, 0.3) is 0 Å². The zero-order valence-electron chi connectivity index (χ0n) is 12.0. The van der Waals surface area contributed by atoms with Crippen LogP contribution in [0, 0.1) is 30.6 Å². The monoisotopic (exact) mass is 306 g/mol. The number of fused-ring (bicyclic) bond motifs is 2. The Hall–Kier alpha value is -1.69. The van der Waals surface area contributed by atoms with Crippen LogP contribution >= 0.6 is 11.3 Å². The first-order valence-electron chi connectivity index (χ1n) is 7.05. The Bertz CT molecular complexity index is 610. The van der Waals surface area contributed by atoms with Crippen molar-refractivity contribution in [3.8, 4) is 0 Å². The molecule has 2 bridgehead atoms.